The number of aliphatic hydroxyl groups excluding tert-OH is 1. The highest BCUT2D eigenvalue weighted by molar-refractivity contribution is 7.89. The Morgan fingerprint density at radius 1 is 1.47 bits per heavy atom. The molecule has 0 fully saturated rings. The molecule has 0 amide bonds. The predicted octanol–water partition coefficient (Wildman–Crippen LogP) is 0.626. The number of anilines is 1. The van der Waals surface area contributed by atoms with E-state index in [1.165, 1.54) is 6.07 Å². The molecule has 1 aromatic rings. The maximum Gasteiger partial charge on any atom is 0.241 e. The Hall–Kier alpha value is -1.11. The Kier molecular flexibility index (Phi) is 4.50. The Morgan fingerprint density at radius 2 is 2.12 bits per heavy atom. The first-order valence-corrected chi connectivity index (χ1v) is 6.88. The van der Waals surface area contributed by atoms with Crippen LogP contribution in [0.5, 0.6) is 0 Å². The van der Waals surface area contributed by atoms with Crippen LogP contribution in [0.2, 0.25) is 0 Å². The molecule has 96 valence electrons. The molecule has 5 nitrogen and oxygen atoms in total. The molecular weight excluding hydrogens is 240 g/mol. The van der Waals surface area contributed by atoms with E-state index in [1.807, 2.05) is 0 Å². The summed E-state index contributed by atoms with van der Waals surface area (Å²) in [5, 5.41) is 9.00. The van der Waals surface area contributed by atoms with E-state index in [1.54, 1.807) is 26.0 Å². The normalized spacial score (nSPS) is 13.6. The lowest BCUT2D eigenvalue weighted by Crippen LogP contribution is -2.37. The number of nitrogens with two attached hydrogens (primary N) is 1. The molecule has 0 bridgehead atoms. The quantitative estimate of drug-likeness (QED) is 0.675. The second kappa shape index (κ2) is 5.48. The van der Waals surface area contributed by atoms with Crippen LogP contribution in [0.4, 0.5) is 5.69 Å². The van der Waals surface area contributed by atoms with Gasteiger partial charge in [0.2, 0.25) is 10.0 Å². The van der Waals surface area contributed by atoms with Gasteiger partial charge in [-0.25, -0.2) is 13.1 Å². The lowest BCUT2D eigenvalue weighted by atomic mass is 10.2. The van der Waals surface area contributed by atoms with Crippen LogP contribution in [0.1, 0.15) is 18.9 Å². The number of rotatable bonds is 5. The van der Waals surface area contributed by atoms with Crippen molar-refractivity contribution >= 4 is 15.7 Å². The molecule has 0 aliphatic carbocycles. The number of nitrogen functional groups attached to an aromatic ring is 1. The average molecular weight is 258 g/mol. The minimum Gasteiger partial charge on any atom is -0.399 e. The van der Waals surface area contributed by atoms with Crippen molar-refractivity contribution < 1.29 is 13.5 Å². The molecule has 17 heavy (non-hydrogen) atoms. The van der Waals surface area contributed by atoms with Gasteiger partial charge in [-0.2, -0.15) is 0 Å². The standard InChI is InChI=1S/C11H18N2O3S/c1-3-10(7-14)13-17(15,16)11-5-4-9(12)6-8(11)2/h4-6,10,13-14H,3,7,12H2,1-2H3/t10-/m0/s1. The lowest BCUT2D eigenvalue weighted by molar-refractivity contribution is 0.254. The molecule has 0 radical (unpaired) electrons. The van der Waals surface area contributed by atoms with Crippen LogP contribution >= 0.6 is 0 Å². The van der Waals surface area contributed by atoms with Crippen molar-refractivity contribution in [3.8, 4) is 0 Å². The molecule has 0 aliphatic heterocycles. The van der Waals surface area contributed by atoms with Crippen LogP contribution in [0, 0.1) is 6.92 Å². The van der Waals surface area contributed by atoms with Gasteiger partial charge in [0.1, 0.15) is 0 Å². The number of hydrogen-bond acceptors (Lipinski definition) is 4. The van der Waals surface area contributed by atoms with Gasteiger partial charge in [-0.3, -0.25) is 0 Å². The van der Waals surface area contributed by atoms with E-state index in [9.17, 15) is 8.42 Å². The molecule has 0 spiro atoms. The summed E-state index contributed by atoms with van der Waals surface area (Å²) in [7, 11) is -3.60. The molecule has 0 unspecified atom stereocenters. The highest BCUT2D eigenvalue weighted by atomic mass is 32.2. The van der Waals surface area contributed by atoms with E-state index in [0.29, 0.717) is 17.7 Å². The molecule has 4 N–H and O–H groups in total. The minimum absolute atomic E-state index is 0.193. The third-order valence-electron chi connectivity index (χ3n) is 2.52. The van der Waals surface area contributed by atoms with E-state index >= 15 is 0 Å². The lowest BCUT2D eigenvalue weighted by Gasteiger charge is -2.15. The molecule has 0 heterocycles. The second-order valence-electron chi connectivity index (χ2n) is 3.93. The fraction of sp³-hybridized carbons (Fsp3) is 0.455. The molecule has 0 saturated carbocycles. The summed E-state index contributed by atoms with van der Waals surface area (Å²) in [5.74, 6) is 0. The van der Waals surface area contributed by atoms with E-state index in [4.69, 9.17) is 10.8 Å². The Balaban J connectivity index is 3.05. The Labute approximate surface area is 102 Å². The van der Waals surface area contributed by atoms with Gasteiger partial charge in [-0.05, 0) is 37.1 Å². The van der Waals surface area contributed by atoms with Crippen LogP contribution in [-0.2, 0) is 10.0 Å². The van der Waals surface area contributed by atoms with Crippen molar-refractivity contribution in [3.63, 3.8) is 0 Å². The van der Waals surface area contributed by atoms with Gasteiger partial charge < -0.3 is 10.8 Å². The van der Waals surface area contributed by atoms with E-state index < -0.39 is 16.1 Å². The third-order valence-corrected chi connectivity index (χ3v) is 4.20. The molecule has 1 aromatic carbocycles. The van der Waals surface area contributed by atoms with Gasteiger partial charge in [0.25, 0.3) is 0 Å². The summed E-state index contributed by atoms with van der Waals surface area (Å²) in [5.41, 5.74) is 6.68. The van der Waals surface area contributed by atoms with Crippen LogP contribution in [-0.4, -0.2) is 26.2 Å². The Bertz CT molecular complexity index is 481. The van der Waals surface area contributed by atoms with Crippen molar-refractivity contribution in [2.24, 2.45) is 0 Å². The zero-order valence-corrected chi connectivity index (χ0v) is 10.8. The highest BCUT2D eigenvalue weighted by Crippen LogP contribution is 2.18. The zero-order chi connectivity index (χ0) is 13.1. The maximum absolute atomic E-state index is 12.0. The summed E-state index contributed by atoms with van der Waals surface area (Å²) < 4.78 is 26.5. The smallest absolute Gasteiger partial charge is 0.241 e. The summed E-state index contributed by atoms with van der Waals surface area (Å²) >= 11 is 0. The summed E-state index contributed by atoms with van der Waals surface area (Å²) in [6.07, 6.45) is 0.531. The second-order valence-corrected chi connectivity index (χ2v) is 5.62. The fourth-order valence-electron chi connectivity index (χ4n) is 1.51. The van der Waals surface area contributed by atoms with Crippen LogP contribution < -0.4 is 10.5 Å². The van der Waals surface area contributed by atoms with Crippen LogP contribution in [0.3, 0.4) is 0 Å². The van der Waals surface area contributed by atoms with Gasteiger partial charge in [0, 0.05) is 11.7 Å². The molecule has 0 saturated heterocycles. The topological polar surface area (TPSA) is 92.4 Å². The van der Waals surface area contributed by atoms with Crippen molar-refractivity contribution in [2.75, 3.05) is 12.3 Å². The van der Waals surface area contributed by atoms with Crippen molar-refractivity contribution in [1.82, 2.24) is 4.72 Å². The van der Waals surface area contributed by atoms with E-state index in [-0.39, 0.29) is 11.5 Å². The first-order chi connectivity index (χ1) is 7.90. The summed E-state index contributed by atoms with van der Waals surface area (Å²) in [6, 6.07) is 4.16. The Morgan fingerprint density at radius 3 is 2.59 bits per heavy atom. The summed E-state index contributed by atoms with van der Waals surface area (Å²) in [6.45, 7) is 3.27. The predicted molar refractivity (Wildman–Crippen MR) is 67.1 cm³/mol. The maximum atomic E-state index is 12.0. The van der Waals surface area contributed by atoms with Crippen molar-refractivity contribution in [3.05, 3.63) is 23.8 Å². The van der Waals surface area contributed by atoms with Crippen molar-refractivity contribution in [1.29, 1.82) is 0 Å². The molecular formula is C11H18N2O3S. The first-order valence-electron chi connectivity index (χ1n) is 5.40. The molecule has 0 aliphatic rings. The van der Waals surface area contributed by atoms with E-state index in [0.717, 1.165) is 0 Å². The molecule has 0 aromatic heterocycles. The van der Waals surface area contributed by atoms with Crippen LogP contribution in [0.25, 0.3) is 0 Å². The molecule has 1 atom stereocenters. The van der Waals surface area contributed by atoms with Gasteiger partial charge in [-0.15, -0.1) is 0 Å². The zero-order valence-electron chi connectivity index (χ0n) is 9.97. The first kappa shape index (κ1) is 14.0. The number of nitrogens with one attached hydrogen (secondary N) is 1. The van der Waals surface area contributed by atoms with Gasteiger partial charge >= 0.3 is 0 Å². The number of aliphatic hydroxyl groups is 1. The average Bonchev–Trinajstić information content (AvgIpc) is 2.25. The van der Waals surface area contributed by atoms with Crippen LogP contribution in [0.15, 0.2) is 23.1 Å². The highest BCUT2D eigenvalue weighted by Gasteiger charge is 2.20. The number of benzene rings is 1. The van der Waals surface area contributed by atoms with Gasteiger partial charge in [-0.1, -0.05) is 6.92 Å². The SMILES string of the molecule is CC[C@@H](CO)NS(=O)(=O)c1ccc(N)cc1C. The van der Waals surface area contributed by atoms with Gasteiger partial charge in [0.05, 0.1) is 11.5 Å². The third kappa shape index (κ3) is 3.42. The number of hydrogen-bond donors (Lipinski definition) is 3. The van der Waals surface area contributed by atoms with Gasteiger partial charge in [0.15, 0.2) is 0 Å². The molecule has 6 heteroatoms. The summed E-state index contributed by atoms with van der Waals surface area (Å²) in [4.78, 5) is 0.193. The number of aryl methyl sites for hydroxylation is 1. The van der Waals surface area contributed by atoms with Crippen molar-refractivity contribution in [2.45, 2.75) is 31.2 Å². The largest absolute Gasteiger partial charge is 0.399 e. The minimum atomic E-state index is -3.60. The molecule has 1 rings (SSSR count). The monoisotopic (exact) mass is 258 g/mol. The number of sulfonamides is 1. The fourth-order valence-corrected chi connectivity index (χ4v) is 3.04. The van der Waals surface area contributed by atoms with E-state index in [2.05, 4.69) is 4.72 Å².